The van der Waals surface area contributed by atoms with Crippen LogP contribution in [-0.4, -0.2) is 17.6 Å². The molecule has 0 radical (unpaired) electrons. The molecule has 1 fully saturated rings. The van der Waals surface area contributed by atoms with Crippen molar-refractivity contribution in [3.8, 4) is 6.07 Å². The number of pyridine rings is 1. The fourth-order valence-corrected chi connectivity index (χ4v) is 1.85. The summed E-state index contributed by atoms with van der Waals surface area (Å²) in [6, 6.07) is 2.59. The summed E-state index contributed by atoms with van der Waals surface area (Å²) in [4.78, 5) is 5.62. The first-order valence-corrected chi connectivity index (χ1v) is 5.18. The predicted molar refractivity (Wildman–Crippen MR) is 55.4 cm³/mol. The van der Waals surface area contributed by atoms with Crippen LogP contribution in [0.15, 0.2) is 12.3 Å². The summed E-state index contributed by atoms with van der Waals surface area (Å²) in [7, 11) is 0. The largest absolute Gasteiger partial charge is 0.417 e. The molecule has 0 spiro atoms. The van der Waals surface area contributed by atoms with Crippen LogP contribution in [0, 0.1) is 11.3 Å². The van der Waals surface area contributed by atoms with Crippen molar-refractivity contribution in [1.29, 1.82) is 5.26 Å². The molecular formula is C11H10F3N3. The molecule has 1 aliphatic rings. The topological polar surface area (TPSA) is 39.9 Å². The average Bonchev–Trinajstić information content (AvgIpc) is 2.25. The van der Waals surface area contributed by atoms with E-state index in [1.807, 2.05) is 6.92 Å². The van der Waals surface area contributed by atoms with Gasteiger partial charge in [0.25, 0.3) is 0 Å². The van der Waals surface area contributed by atoms with Gasteiger partial charge >= 0.3 is 6.18 Å². The number of hydrogen-bond donors (Lipinski definition) is 0. The van der Waals surface area contributed by atoms with Crippen molar-refractivity contribution in [3.63, 3.8) is 0 Å². The molecule has 1 aromatic rings. The van der Waals surface area contributed by atoms with E-state index in [2.05, 4.69) is 4.98 Å². The Morgan fingerprint density at radius 2 is 2.24 bits per heavy atom. The highest BCUT2D eigenvalue weighted by molar-refractivity contribution is 5.59. The van der Waals surface area contributed by atoms with Gasteiger partial charge in [0.05, 0.1) is 5.56 Å². The first-order valence-electron chi connectivity index (χ1n) is 5.18. The normalized spacial score (nSPS) is 19.7. The first kappa shape index (κ1) is 11.7. The van der Waals surface area contributed by atoms with Crippen LogP contribution in [0.3, 0.4) is 0 Å². The Hall–Kier alpha value is -1.77. The Bertz CT molecular complexity index is 476. The number of aromatic nitrogens is 1. The molecule has 1 aliphatic heterocycles. The molecule has 1 saturated heterocycles. The van der Waals surface area contributed by atoms with Gasteiger partial charge in [-0.15, -0.1) is 0 Å². The minimum absolute atomic E-state index is 0.137. The summed E-state index contributed by atoms with van der Waals surface area (Å²) in [5.41, 5.74) is -1.30. The first-order chi connectivity index (χ1) is 7.95. The summed E-state index contributed by atoms with van der Waals surface area (Å²) in [6.07, 6.45) is -2.51. The van der Waals surface area contributed by atoms with E-state index in [1.54, 1.807) is 11.0 Å². The lowest BCUT2D eigenvalue weighted by Crippen LogP contribution is -2.46. The Kier molecular flexibility index (Phi) is 2.69. The van der Waals surface area contributed by atoms with Gasteiger partial charge in [0, 0.05) is 18.8 Å². The molecule has 6 heteroatoms. The lowest BCUT2D eigenvalue weighted by atomic mass is 10.0. The van der Waals surface area contributed by atoms with Crippen LogP contribution in [0.4, 0.5) is 19.0 Å². The van der Waals surface area contributed by atoms with E-state index in [9.17, 15) is 13.2 Å². The molecule has 0 amide bonds. The highest BCUT2D eigenvalue weighted by atomic mass is 19.4. The van der Waals surface area contributed by atoms with Crippen molar-refractivity contribution < 1.29 is 13.2 Å². The summed E-state index contributed by atoms with van der Waals surface area (Å²) < 4.78 is 38.1. The van der Waals surface area contributed by atoms with E-state index in [-0.39, 0.29) is 17.4 Å². The molecule has 0 bridgehead atoms. The Labute approximate surface area is 96.5 Å². The van der Waals surface area contributed by atoms with Crippen LogP contribution in [0.25, 0.3) is 0 Å². The highest BCUT2D eigenvalue weighted by Crippen LogP contribution is 2.36. The zero-order valence-electron chi connectivity index (χ0n) is 9.12. The number of halogens is 3. The van der Waals surface area contributed by atoms with E-state index >= 15 is 0 Å². The van der Waals surface area contributed by atoms with Gasteiger partial charge in [-0.25, -0.2) is 4.98 Å². The van der Waals surface area contributed by atoms with Crippen molar-refractivity contribution >= 4 is 5.82 Å². The molecule has 0 N–H and O–H groups in total. The number of nitriles is 1. The maximum Gasteiger partial charge on any atom is 0.417 e. The van der Waals surface area contributed by atoms with Crippen molar-refractivity contribution in [2.24, 2.45) is 0 Å². The quantitative estimate of drug-likeness (QED) is 0.758. The zero-order valence-corrected chi connectivity index (χ0v) is 9.12. The highest BCUT2D eigenvalue weighted by Gasteiger charge is 2.37. The van der Waals surface area contributed by atoms with Gasteiger partial charge in [0.1, 0.15) is 17.5 Å². The Morgan fingerprint density at radius 3 is 2.65 bits per heavy atom. The number of hydrogen-bond acceptors (Lipinski definition) is 3. The summed E-state index contributed by atoms with van der Waals surface area (Å²) in [6.45, 7) is 2.54. The second-order valence-corrected chi connectivity index (χ2v) is 4.00. The van der Waals surface area contributed by atoms with Crippen molar-refractivity contribution in [2.45, 2.75) is 25.6 Å². The van der Waals surface area contributed by atoms with E-state index in [0.29, 0.717) is 6.54 Å². The van der Waals surface area contributed by atoms with Crippen molar-refractivity contribution in [2.75, 3.05) is 11.4 Å². The third kappa shape index (κ3) is 1.93. The number of anilines is 1. The van der Waals surface area contributed by atoms with Gasteiger partial charge in [-0.05, 0) is 19.4 Å². The average molecular weight is 241 g/mol. The molecular weight excluding hydrogens is 231 g/mol. The second-order valence-electron chi connectivity index (χ2n) is 4.00. The molecule has 0 saturated carbocycles. The van der Waals surface area contributed by atoms with Gasteiger partial charge in [0.2, 0.25) is 0 Å². The van der Waals surface area contributed by atoms with Crippen LogP contribution >= 0.6 is 0 Å². The SMILES string of the molecule is C[C@H]1CCN1c1nccc(C(F)(F)F)c1C#N. The molecule has 2 rings (SSSR count). The smallest absolute Gasteiger partial charge is 0.353 e. The van der Waals surface area contributed by atoms with Crippen molar-refractivity contribution in [1.82, 2.24) is 4.98 Å². The summed E-state index contributed by atoms with van der Waals surface area (Å²) >= 11 is 0. The molecule has 0 aliphatic carbocycles. The minimum Gasteiger partial charge on any atom is -0.353 e. The van der Waals surface area contributed by atoms with Crippen LogP contribution in [0.5, 0.6) is 0 Å². The molecule has 90 valence electrons. The molecule has 0 aromatic carbocycles. The molecule has 0 unspecified atom stereocenters. The monoisotopic (exact) mass is 241 g/mol. The summed E-state index contributed by atoms with van der Waals surface area (Å²) in [5.74, 6) is 0.140. The zero-order chi connectivity index (χ0) is 12.6. The van der Waals surface area contributed by atoms with Gasteiger partial charge in [-0.2, -0.15) is 18.4 Å². The number of nitrogens with zero attached hydrogens (tertiary/aromatic N) is 3. The molecule has 1 atom stereocenters. The molecule has 2 heterocycles. The van der Waals surface area contributed by atoms with E-state index < -0.39 is 11.7 Å². The maximum absolute atomic E-state index is 12.7. The minimum atomic E-state index is -4.52. The van der Waals surface area contributed by atoms with Gasteiger partial charge < -0.3 is 4.90 Å². The number of alkyl halides is 3. The second kappa shape index (κ2) is 3.91. The van der Waals surface area contributed by atoms with Crippen LogP contribution < -0.4 is 4.90 Å². The summed E-state index contributed by atoms with van der Waals surface area (Å²) in [5, 5.41) is 8.90. The maximum atomic E-state index is 12.7. The van der Waals surface area contributed by atoms with E-state index in [1.165, 1.54) is 0 Å². The van der Waals surface area contributed by atoms with Crippen LogP contribution in [0.2, 0.25) is 0 Å². The van der Waals surface area contributed by atoms with E-state index in [4.69, 9.17) is 5.26 Å². The molecule has 1 aromatic heterocycles. The number of rotatable bonds is 1. The van der Waals surface area contributed by atoms with Gasteiger partial charge in [-0.3, -0.25) is 0 Å². The molecule has 3 nitrogen and oxygen atoms in total. The Balaban J connectivity index is 2.51. The lowest BCUT2D eigenvalue weighted by molar-refractivity contribution is -0.137. The predicted octanol–water partition coefficient (Wildman–Crippen LogP) is 2.57. The van der Waals surface area contributed by atoms with Gasteiger partial charge in [0.15, 0.2) is 0 Å². The third-order valence-electron chi connectivity index (χ3n) is 2.94. The fourth-order valence-electron chi connectivity index (χ4n) is 1.85. The van der Waals surface area contributed by atoms with E-state index in [0.717, 1.165) is 18.7 Å². The van der Waals surface area contributed by atoms with Crippen molar-refractivity contribution in [3.05, 3.63) is 23.4 Å². The fraction of sp³-hybridized carbons (Fsp3) is 0.455. The lowest BCUT2D eigenvalue weighted by Gasteiger charge is -2.40. The standard InChI is InChI=1S/C11H10F3N3/c1-7-3-5-17(7)10-8(6-15)9(2-4-16-10)11(12,13)14/h2,4,7H,3,5H2,1H3/t7-/m0/s1. The third-order valence-corrected chi connectivity index (χ3v) is 2.94. The van der Waals surface area contributed by atoms with Crippen LogP contribution in [0.1, 0.15) is 24.5 Å². The van der Waals surface area contributed by atoms with Crippen LogP contribution in [-0.2, 0) is 6.18 Å². The van der Waals surface area contributed by atoms with Gasteiger partial charge in [-0.1, -0.05) is 0 Å². The Morgan fingerprint density at radius 1 is 1.53 bits per heavy atom. The molecule has 17 heavy (non-hydrogen) atoms.